The molecular formula is C25H35FN4O5S. The first-order valence-electron chi connectivity index (χ1n) is 11.6. The highest BCUT2D eigenvalue weighted by Gasteiger charge is 2.33. The molecule has 0 heterocycles. The van der Waals surface area contributed by atoms with Crippen molar-refractivity contribution in [2.75, 3.05) is 32.1 Å². The smallest absolute Gasteiger partial charge is 0.304 e. The van der Waals surface area contributed by atoms with Crippen molar-refractivity contribution in [2.24, 2.45) is 0 Å². The molecule has 9 nitrogen and oxygen atoms in total. The van der Waals surface area contributed by atoms with Gasteiger partial charge in [-0.3, -0.25) is 9.59 Å². The molecule has 0 unspecified atom stereocenters. The maximum atomic E-state index is 13.7. The van der Waals surface area contributed by atoms with Gasteiger partial charge in [-0.15, -0.1) is 0 Å². The summed E-state index contributed by atoms with van der Waals surface area (Å²) in [5, 5.41) is 2.84. The molecule has 0 fully saturated rings. The van der Waals surface area contributed by atoms with E-state index in [0.29, 0.717) is 12.2 Å². The molecule has 2 amide bonds. The standard InChI is InChI=1S/C25H35FN4O5S/c1-7-23(25(32)27-18(2)3)29(16-19-8-14-22(35-6)15-9-19)24(31)17-30(36(33,34)28(4)5)21-12-10-20(26)11-13-21/h8-15,18,23H,7,16-17H2,1-6H3,(H,27,32)/t23-/m1/s1. The number of carbonyl (C=O) groups is 2. The first-order valence-corrected chi connectivity index (χ1v) is 13.0. The Kier molecular flexibility index (Phi) is 10.2. The second-order valence-corrected chi connectivity index (χ2v) is 10.8. The molecule has 0 spiro atoms. The highest BCUT2D eigenvalue weighted by atomic mass is 32.2. The molecule has 0 aliphatic carbocycles. The van der Waals surface area contributed by atoms with Gasteiger partial charge in [0.1, 0.15) is 24.2 Å². The van der Waals surface area contributed by atoms with Crippen molar-refractivity contribution < 1.29 is 27.1 Å². The van der Waals surface area contributed by atoms with Crippen LogP contribution in [0.2, 0.25) is 0 Å². The largest absolute Gasteiger partial charge is 0.497 e. The minimum atomic E-state index is -4.11. The normalized spacial score (nSPS) is 12.4. The van der Waals surface area contributed by atoms with Crippen LogP contribution in [0.4, 0.5) is 10.1 Å². The average Bonchev–Trinajstić information content (AvgIpc) is 2.82. The molecule has 0 aliphatic heterocycles. The molecule has 1 atom stereocenters. The van der Waals surface area contributed by atoms with Gasteiger partial charge in [0.05, 0.1) is 12.8 Å². The van der Waals surface area contributed by atoms with E-state index in [1.807, 2.05) is 13.8 Å². The number of anilines is 1. The van der Waals surface area contributed by atoms with Crippen LogP contribution in [-0.2, 0) is 26.3 Å². The van der Waals surface area contributed by atoms with Gasteiger partial charge in [-0.05, 0) is 62.2 Å². The third kappa shape index (κ3) is 7.41. The van der Waals surface area contributed by atoms with Crippen molar-refractivity contribution in [3.05, 3.63) is 59.9 Å². The molecule has 0 bridgehead atoms. The number of halogens is 1. The Morgan fingerprint density at radius 3 is 2.08 bits per heavy atom. The van der Waals surface area contributed by atoms with E-state index in [-0.39, 0.29) is 24.2 Å². The Morgan fingerprint density at radius 2 is 1.61 bits per heavy atom. The van der Waals surface area contributed by atoms with E-state index in [1.54, 1.807) is 38.3 Å². The van der Waals surface area contributed by atoms with Gasteiger partial charge in [-0.1, -0.05) is 19.1 Å². The van der Waals surface area contributed by atoms with Crippen molar-refractivity contribution in [3.8, 4) is 5.75 Å². The van der Waals surface area contributed by atoms with Gasteiger partial charge < -0.3 is 15.0 Å². The first kappa shape index (κ1) is 29.1. The monoisotopic (exact) mass is 522 g/mol. The fourth-order valence-corrected chi connectivity index (χ4v) is 4.61. The van der Waals surface area contributed by atoms with Gasteiger partial charge >= 0.3 is 10.2 Å². The average molecular weight is 523 g/mol. The molecule has 0 aliphatic rings. The van der Waals surface area contributed by atoms with E-state index >= 15 is 0 Å². The molecule has 198 valence electrons. The second kappa shape index (κ2) is 12.7. The van der Waals surface area contributed by atoms with Gasteiger partial charge in [0.2, 0.25) is 11.8 Å². The summed E-state index contributed by atoms with van der Waals surface area (Å²) in [6.45, 7) is 4.92. The van der Waals surface area contributed by atoms with Crippen LogP contribution in [0.5, 0.6) is 5.75 Å². The summed E-state index contributed by atoms with van der Waals surface area (Å²) < 4.78 is 46.8. The summed E-state index contributed by atoms with van der Waals surface area (Å²) in [6, 6.07) is 10.9. The molecule has 0 radical (unpaired) electrons. The highest BCUT2D eigenvalue weighted by molar-refractivity contribution is 7.90. The molecular weight excluding hydrogens is 487 g/mol. The lowest BCUT2D eigenvalue weighted by atomic mass is 10.1. The summed E-state index contributed by atoms with van der Waals surface area (Å²) in [5.41, 5.74) is 0.867. The Hall–Kier alpha value is -3.18. The van der Waals surface area contributed by atoms with Gasteiger partial charge in [0, 0.05) is 26.7 Å². The molecule has 0 saturated heterocycles. The molecule has 1 N–H and O–H groups in total. The molecule has 36 heavy (non-hydrogen) atoms. The van der Waals surface area contributed by atoms with Crippen LogP contribution in [0.25, 0.3) is 0 Å². The summed E-state index contributed by atoms with van der Waals surface area (Å²) >= 11 is 0. The predicted molar refractivity (Wildman–Crippen MR) is 137 cm³/mol. The fourth-order valence-electron chi connectivity index (χ4n) is 3.55. The summed E-state index contributed by atoms with van der Waals surface area (Å²) in [7, 11) is 0.125. The van der Waals surface area contributed by atoms with E-state index in [2.05, 4.69) is 5.32 Å². The van der Waals surface area contributed by atoms with Crippen molar-refractivity contribution >= 4 is 27.7 Å². The lowest BCUT2D eigenvalue weighted by Crippen LogP contribution is -2.54. The number of rotatable bonds is 12. The van der Waals surface area contributed by atoms with E-state index in [0.717, 1.165) is 26.3 Å². The number of hydrogen-bond acceptors (Lipinski definition) is 5. The third-order valence-corrected chi connectivity index (χ3v) is 7.28. The SMILES string of the molecule is CC[C@H](C(=O)NC(C)C)N(Cc1ccc(OC)cc1)C(=O)CN(c1ccc(F)cc1)S(=O)(=O)N(C)C. The summed E-state index contributed by atoms with van der Waals surface area (Å²) in [4.78, 5) is 28.1. The molecule has 11 heteroatoms. The topological polar surface area (TPSA) is 99.3 Å². The van der Waals surface area contributed by atoms with Crippen molar-refractivity contribution in [2.45, 2.75) is 45.8 Å². The Bertz CT molecular complexity index is 1120. The highest BCUT2D eigenvalue weighted by Crippen LogP contribution is 2.22. The number of nitrogens with zero attached hydrogens (tertiary/aromatic N) is 3. The minimum absolute atomic E-state index is 0.0755. The third-order valence-electron chi connectivity index (χ3n) is 5.46. The number of amides is 2. The molecule has 0 aromatic heterocycles. The van der Waals surface area contributed by atoms with E-state index in [4.69, 9.17) is 4.74 Å². The van der Waals surface area contributed by atoms with E-state index in [9.17, 15) is 22.4 Å². The van der Waals surface area contributed by atoms with Crippen LogP contribution >= 0.6 is 0 Å². The Morgan fingerprint density at radius 1 is 1.03 bits per heavy atom. The van der Waals surface area contributed by atoms with Gasteiger partial charge in [0.25, 0.3) is 0 Å². The van der Waals surface area contributed by atoms with Crippen LogP contribution in [0.15, 0.2) is 48.5 Å². The maximum Gasteiger partial charge on any atom is 0.304 e. The number of ether oxygens (including phenoxy) is 1. The molecule has 0 saturated carbocycles. The fraction of sp³-hybridized carbons (Fsp3) is 0.440. The molecule has 2 rings (SSSR count). The zero-order valence-corrected chi connectivity index (χ0v) is 22.4. The Balaban J connectivity index is 2.49. The van der Waals surface area contributed by atoms with Crippen LogP contribution in [0.3, 0.4) is 0 Å². The number of carbonyl (C=O) groups excluding carboxylic acids is 2. The zero-order valence-electron chi connectivity index (χ0n) is 21.6. The predicted octanol–water partition coefficient (Wildman–Crippen LogP) is 2.78. The lowest BCUT2D eigenvalue weighted by Gasteiger charge is -2.34. The summed E-state index contributed by atoms with van der Waals surface area (Å²) in [5.74, 6) is -0.810. The van der Waals surface area contributed by atoms with Crippen LogP contribution in [0, 0.1) is 5.82 Å². The zero-order chi connectivity index (χ0) is 27.0. The molecule has 2 aromatic rings. The maximum absolute atomic E-state index is 13.7. The lowest BCUT2D eigenvalue weighted by molar-refractivity contribution is -0.140. The first-order chi connectivity index (χ1) is 16.9. The van der Waals surface area contributed by atoms with Crippen LogP contribution in [0.1, 0.15) is 32.8 Å². The number of methoxy groups -OCH3 is 1. The molecule has 2 aromatic carbocycles. The van der Waals surface area contributed by atoms with Gasteiger partial charge in [0.15, 0.2) is 0 Å². The number of benzene rings is 2. The van der Waals surface area contributed by atoms with Crippen LogP contribution < -0.4 is 14.4 Å². The van der Waals surface area contributed by atoms with Gasteiger partial charge in [-0.2, -0.15) is 12.7 Å². The Labute approximate surface area is 213 Å². The van der Waals surface area contributed by atoms with Gasteiger partial charge in [-0.25, -0.2) is 8.70 Å². The van der Waals surface area contributed by atoms with E-state index < -0.39 is 34.5 Å². The second-order valence-electron chi connectivity index (χ2n) is 8.73. The quantitative estimate of drug-likeness (QED) is 0.462. The van der Waals surface area contributed by atoms with Crippen molar-refractivity contribution in [1.29, 1.82) is 0 Å². The summed E-state index contributed by atoms with van der Waals surface area (Å²) in [6.07, 6.45) is 0.317. The number of nitrogens with one attached hydrogen (secondary N) is 1. The van der Waals surface area contributed by atoms with Crippen LogP contribution in [-0.4, -0.2) is 69.3 Å². The number of hydrogen-bond donors (Lipinski definition) is 1. The van der Waals surface area contributed by atoms with E-state index in [1.165, 1.54) is 31.1 Å². The van der Waals surface area contributed by atoms with Crippen molar-refractivity contribution in [3.63, 3.8) is 0 Å². The minimum Gasteiger partial charge on any atom is -0.497 e. The van der Waals surface area contributed by atoms with Crippen molar-refractivity contribution in [1.82, 2.24) is 14.5 Å².